The maximum Gasteiger partial charge on any atom is 0.154 e. The predicted molar refractivity (Wildman–Crippen MR) is 87.9 cm³/mol. The molecular formula is C16H18N6O. The van der Waals surface area contributed by atoms with Crippen LogP contribution in [0.15, 0.2) is 36.8 Å². The lowest BCUT2D eigenvalue weighted by Gasteiger charge is -2.28. The molecule has 3 aromatic rings. The molecule has 4 heterocycles. The van der Waals surface area contributed by atoms with Crippen molar-refractivity contribution in [2.75, 3.05) is 38.2 Å². The van der Waals surface area contributed by atoms with Crippen LogP contribution >= 0.6 is 0 Å². The van der Waals surface area contributed by atoms with E-state index in [0.29, 0.717) is 5.75 Å². The fraction of sp³-hybridized carbons (Fsp3) is 0.312. The van der Waals surface area contributed by atoms with Crippen molar-refractivity contribution in [1.82, 2.24) is 24.9 Å². The van der Waals surface area contributed by atoms with Crippen molar-refractivity contribution in [3.63, 3.8) is 0 Å². The topological polar surface area (TPSA) is 67.6 Å². The molecule has 118 valence electrons. The molecule has 0 saturated carbocycles. The molecular weight excluding hydrogens is 292 g/mol. The number of nitrogens with zero attached hydrogens (tertiary/aromatic N) is 5. The SMILES string of the molecule is COc1cnccc1-c1cnc2ccc(N3CCNCC3)nn12. The van der Waals surface area contributed by atoms with Gasteiger partial charge in [0.25, 0.3) is 0 Å². The molecule has 1 aliphatic heterocycles. The minimum atomic E-state index is 0.712. The van der Waals surface area contributed by atoms with Crippen LogP contribution in [-0.2, 0) is 0 Å². The zero-order valence-corrected chi connectivity index (χ0v) is 12.9. The molecule has 1 N–H and O–H groups in total. The van der Waals surface area contributed by atoms with Crippen molar-refractivity contribution < 1.29 is 4.74 Å². The summed E-state index contributed by atoms with van der Waals surface area (Å²) >= 11 is 0. The first-order chi connectivity index (χ1) is 11.4. The van der Waals surface area contributed by atoms with E-state index in [-0.39, 0.29) is 0 Å². The number of anilines is 1. The Labute approximate surface area is 133 Å². The van der Waals surface area contributed by atoms with Gasteiger partial charge in [0.15, 0.2) is 5.65 Å². The highest BCUT2D eigenvalue weighted by atomic mass is 16.5. The standard InChI is InChI=1S/C16H18N6O/c1-23-14-11-18-5-4-12(14)13-10-19-15-2-3-16(20-22(13)15)21-8-6-17-7-9-21/h2-5,10-11,17H,6-9H2,1H3. The summed E-state index contributed by atoms with van der Waals surface area (Å²) in [6.07, 6.45) is 5.27. The number of imidazole rings is 1. The maximum atomic E-state index is 5.41. The van der Waals surface area contributed by atoms with E-state index < -0.39 is 0 Å². The highest BCUT2D eigenvalue weighted by Gasteiger charge is 2.16. The molecule has 7 nitrogen and oxygen atoms in total. The summed E-state index contributed by atoms with van der Waals surface area (Å²) in [5.41, 5.74) is 2.65. The van der Waals surface area contributed by atoms with Crippen LogP contribution in [0.2, 0.25) is 0 Å². The van der Waals surface area contributed by atoms with Gasteiger partial charge < -0.3 is 15.0 Å². The molecule has 0 atom stereocenters. The van der Waals surface area contributed by atoms with E-state index in [1.54, 1.807) is 19.5 Å². The van der Waals surface area contributed by atoms with E-state index >= 15 is 0 Å². The van der Waals surface area contributed by atoms with Gasteiger partial charge in [-0.1, -0.05) is 0 Å². The van der Waals surface area contributed by atoms with E-state index in [1.807, 2.05) is 28.9 Å². The molecule has 4 rings (SSSR count). The van der Waals surface area contributed by atoms with Gasteiger partial charge in [0, 0.05) is 37.9 Å². The van der Waals surface area contributed by atoms with E-state index in [0.717, 1.165) is 48.9 Å². The zero-order valence-electron chi connectivity index (χ0n) is 12.9. The number of rotatable bonds is 3. The van der Waals surface area contributed by atoms with Gasteiger partial charge in [-0.05, 0) is 18.2 Å². The first-order valence-electron chi connectivity index (χ1n) is 7.65. The summed E-state index contributed by atoms with van der Waals surface area (Å²) in [4.78, 5) is 10.8. The zero-order chi connectivity index (χ0) is 15.6. The predicted octanol–water partition coefficient (Wildman–Crippen LogP) is 1.21. The molecule has 0 spiro atoms. The summed E-state index contributed by atoms with van der Waals surface area (Å²) in [6.45, 7) is 3.88. The van der Waals surface area contributed by atoms with Crippen LogP contribution in [0.25, 0.3) is 16.9 Å². The third kappa shape index (κ3) is 2.49. The Morgan fingerprint density at radius 3 is 2.83 bits per heavy atom. The van der Waals surface area contributed by atoms with Gasteiger partial charge in [-0.15, -0.1) is 5.10 Å². The number of piperazine rings is 1. The van der Waals surface area contributed by atoms with Gasteiger partial charge in [-0.3, -0.25) is 4.98 Å². The van der Waals surface area contributed by atoms with E-state index in [1.165, 1.54) is 0 Å². The lowest BCUT2D eigenvalue weighted by Crippen LogP contribution is -2.44. The number of aromatic nitrogens is 4. The Morgan fingerprint density at radius 1 is 1.13 bits per heavy atom. The maximum absolute atomic E-state index is 5.41. The van der Waals surface area contributed by atoms with Gasteiger partial charge in [0.05, 0.1) is 25.2 Å². The molecule has 0 unspecified atom stereocenters. The number of pyridine rings is 1. The lowest BCUT2D eigenvalue weighted by atomic mass is 10.2. The summed E-state index contributed by atoms with van der Waals surface area (Å²) in [5.74, 6) is 1.68. The molecule has 23 heavy (non-hydrogen) atoms. The minimum Gasteiger partial charge on any atom is -0.494 e. The Morgan fingerprint density at radius 2 is 2.00 bits per heavy atom. The normalized spacial score (nSPS) is 15.1. The van der Waals surface area contributed by atoms with E-state index in [2.05, 4.69) is 20.2 Å². The van der Waals surface area contributed by atoms with Crippen molar-refractivity contribution in [2.45, 2.75) is 0 Å². The average Bonchev–Trinajstić information content (AvgIpc) is 3.05. The largest absolute Gasteiger partial charge is 0.494 e. The molecule has 7 heteroatoms. The number of hydrogen-bond donors (Lipinski definition) is 1. The van der Waals surface area contributed by atoms with Crippen molar-refractivity contribution >= 4 is 11.5 Å². The van der Waals surface area contributed by atoms with Crippen LogP contribution in [-0.4, -0.2) is 52.9 Å². The highest BCUT2D eigenvalue weighted by molar-refractivity contribution is 5.69. The smallest absolute Gasteiger partial charge is 0.154 e. The third-order valence-electron chi connectivity index (χ3n) is 4.07. The number of hydrogen-bond acceptors (Lipinski definition) is 6. The number of nitrogens with one attached hydrogen (secondary N) is 1. The van der Waals surface area contributed by atoms with Crippen molar-refractivity contribution in [3.8, 4) is 17.0 Å². The van der Waals surface area contributed by atoms with Crippen LogP contribution in [0, 0.1) is 0 Å². The molecule has 1 aliphatic rings. The van der Waals surface area contributed by atoms with Crippen LogP contribution in [0.4, 0.5) is 5.82 Å². The first-order valence-corrected chi connectivity index (χ1v) is 7.65. The second-order valence-electron chi connectivity index (χ2n) is 5.42. The Bertz CT molecular complexity index is 824. The number of fused-ring (bicyclic) bond motifs is 1. The molecule has 0 aliphatic carbocycles. The van der Waals surface area contributed by atoms with Crippen molar-refractivity contribution in [2.24, 2.45) is 0 Å². The fourth-order valence-corrected chi connectivity index (χ4v) is 2.86. The van der Waals surface area contributed by atoms with Crippen LogP contribution in [0.3, 0.4) is 0 Å². The second-order valence-corrected chi connectivity index (χ2v) is 5.42. The fourth-order valence-electron chi connectivity index (χ4n) is 2.86. The van der Waals surface area contributed by atoms with E-state index in [4.69, 9.17) is 9.84 Å². The summed E-state index contributed by atoms with van der Waals surface area (Å²) in [6, 6.07) is 5.95. The molecule has 0 bridgehead atoms. The average molecular weight is 310 g/mol. The van der Waals surface area contributed by atoms with Crippen molar-refractivity contribution in [1.29, 1.82) is 0 Å². The minimum absolute atomic E-state index is 0.712. The summed E-state index contributed by atoms with van der Waals surface area (Å²) < 4.78 is 7.28. The monoisotopic (exact) mass is 310 g/mol. The van der Waals surface area contributed by atoms with Crippen LogP contribution in [0.5, 0.6) is 5.75 Å². The van der Waals surface area contributed by atoms with Gasteiger partial charge in [-0.2, -0.15) is 0 Å². The quantitative estimate of drug-likeness (QED) is 0.784. The summed E-state index contributed by atoms with van der Waals surface area (Å²) in [5, 5.41) is 8.14. The van der Waals surface area contributed by atoms with E-state index in [9.17, 15) is 0 Å². The number of ether oxygens (including phenoxy) is 1. The van der Waals surface area contributed by atoms with Gasteiger partial charge in [0.2, 0.25) is 0 Å². The Balaban J connectivity index is 1.81. The molecule has 1 saturated heterocycles. The number of methoxy groups -OCH3 is 1. The molecule has 0 amide bonds. The Kier molecular flexibility index (Phi) is 3.55. The van der Waals surface area contributed by atoms with Gasteiger partial charge >= 0.3 is 0 Å². The molecule has 1 fully saturated rings. The third-order valence-corrected chi connectivity index (χ3v) is 4.07. The highest BCUT2D eigenvalue weighted by Crippen LogP contribution is 2.29. The molecule has 0 radical (unpaired) electrons. The van der Waals surface area contributed by atoms with Gasteiger partial charge in [0.1, 0.15) is 11.6 Å². The molecule has 0 aromatic carbocycles. The Hall–Kier alpha value is -2.67. The first kappa shape index (κ1) is 14.0. The van der Waals surface area contributed by atoms with Crippen molar-refractivity contribution in [3.05, 3.63) is 36.8 Å². The van der Waals surface area contributed by atoms with Gasteiger partial charge in [-0.25, -0.2) is 9.50 Å². The van der Waals surface area contributed by atoms with Crippen LogP contribution in [0.1, 0.15) is 0 Å². The second kappa shape index (κ2) is 5.85. The summed E-state index contributed by atoms with van der Waals surface area (Å²) in [7, 11) is 1.64. The lowest BCUT2D eigenvalue weighted by molar-refractivity contribution is 0.414. The van der Waals surface area contributed by atoms with Crippen LogP contribution < -0.4 is 15.0 Å². The molecule has 3 aromatic heterocycles.